The lowest BCUT2D eigenvalue weighted by Gasteiger charge is -2.06. The number of methoxy groups -OCH3 is 1. The number of hydrazone groups is 1. The van der Waals surface area contributed by atoms with Gasteiger partial charge < -0.3 is 4.74 Å². The molecule has 3 rings (SSSR count). The van der Waals surface area contributed by atoms with Crippen LogP contribution < -0.4 is 10.2 Å². The normalized spacial score (nSPS) is 11.5. The van der Waals surface area contributed by atoms with E-state index in [0.29, 0.717) is 0 Å². The molecule has 1 aromatic heterocycles. The van der Waals surface area contributed by atoms with E-state index in [2.05, 4.69) is 39.8 Å². The van der Waals surface area contributed by atoms with Gasteiger partial charge in [0.15, 0.2) is 0 Å². The van der Waals surface area contributed by atoms with Crippen LogP contribution in [-0.2, 0) is 0 Å². The van der Waals surface area contributed by atoms with Crippen molar-refractivity contribution in [2.75, 3.05) is 12.5 Å². The minimum Gasteiger partial charge on any atom is -0.497 e. The number of nitrogens with one attached hydrogen (secondary N) is 1. The standard InChI is InChI=1S/C18H17N3O/c1-13(20-21-18-5-3-4-10-19-18)14-6-7-16-12-17(22-2)9-8-15(16)11-14/h3-12H,1-2H3,(H,19,21)/b20-13-. The molecule has 1 N–H and O–H groups in total. The van der Waals surface area contributed by atoms with E-state index in [4.69, 9.17) is 4.74 Å². The average molecular weight is 291 g/mol. The minimum atomic E-state index is 0.729. The van der Waals surface area contributed by atoms with Crippen LogP contribution in [-0.4, -0.2) is 17.8 Å². The van der Waals surface area contributed by atoms with Gasteiger partial charge in [0.25, 0.3) is 0 Å². The van der Waals surface area contributed by atoms with Gasteiger partial charge >= 0.3 is 0 Å². The molecule has 0 saturated heterocycles. The van der Waals surface area contributed by atoms with Crippen molar-refractivity contribution in [3.05, 3.63) is 66.4 Å². The van der Waals surface area contributed by atoms with Crippen molar-refractivity contribution in [1.29, 1.82) is 0 Å². The zero-order valence-electron chi connectivity index (χ0n) is 12.6. The Balaban J connectivity index is 1.86. The van der Waals surface area contributed by atoms with Gasteiger partial charge in [-0.05, 0) is 53.6 Å². The maximum absolute atomic E-state index is 5.25. The molecular weight excluding hydrogens is 274 g/mol. The van der Waals surface area contributed by atoms with Gasteiger partial charge in [-0.2, -0.15) is 5.10 Å². The van der Waals surface area contributed by atoms with Crippen molar-refractivity contribution in [1.82, 2.24) is 4.98 Å². The smallest absolute Gasteiger partial charge is 0.146 e. The number of anilines is 1. The number of pyridine rings is 1. The predicted octanol–water partition coefficient (Wildman–Crippen LogP) is 4.08. The summed E-state index contributed by atoms with van der Waals surface area (Å²) >= 11 is 0. The topological polar surface area (TPSA) is 46.5 Å². The van der Waals surface area contributed by atoms with Gasteiger partial charge in [0.05, 0.1) is 12.8 Å². The molecule has 0 fully saturated rings. The molecule has 0 saturated carbocycles. The van der Waals surface area contributed by atoms with E-state index in [1.54, 1.807) is 13.3 Å². The van der Waals surface area contributed by atoms with Crippen LogP contribution in [0.2, 0.25) is 0 Å². The molecule has 3 aromatic rings. The molecule has 0 unspecified atom stereocenters. The lowest BCUT2D eigenvalue weighted by Crippen LogP contribution is -2.00. The van der Waals surface area contributed by atoms with Crippen molar-refractivity contribution in [2.45, 2.75) is 6.92 Å². The van der Waals surface area contributed by atoms with Crippen LogP contribution >= 0.6 is 0 Å². The third kappa shape index (κ3) is 3.06. The summed E-state index contributed by atoms with van der Waals surface area (Å²) in [6.45, 7) is 1.97. The monoisotopic (exact) mass is 291 g/mol. The Morgan fingerprint density at radius 3 is 2.64 bits per heavy atom. The van der Waals surface area contributed by atoms with E-state index in [-0.39, 0.29) is 0 Å². The van der Waals surface area contributed by atoms with Crippen molar-refractivity contribution in [3.8, 4) is 5.75 Å². The molecule has 0 aliphatic heterocycles. The second-order valence-corrected chi connectivity index (χ2v) is 4.95. The van der Waals surface area contributed by atoms with Crippen LogP contribution in [0.1, 0.15) is 12.5 Å². The Morgan fingerprint density at radius 2 is 1.86 bits per heavy atom. The number of fused-ring (bicyclic) bond motifs is 1. The lowest BCUT2D eigenvalue weighted by molar-refractivity contribution is 0.415. The summed E-state index contributed by atoms with van der Waals surface area (Å²) in [7, 11) is 1.68. The molecule has 2 aromatic carbocycles. The Labute approximate surface area is 129 Å². The first kappa shape index (κ1) is 14.1. The predicted molar refractivity (Wildman–Crippen MR) is 90.6 cm³/mol. The summed E-state index contributed by atoms with van der Waals surface area (Å²) in [5.41, 5.74) is 4.94. The summed E-state index contributed by atoms with van der Waals surface area (Å²) in [4.78, 5) is 4.18. The van der Waals surface area contributed by atoms with Crippen LogP contribution in [0.25, 0.3) is 10.8 Å². The van der Waals surface area contributed by atoms with Crippen LogP contribution in [0.5, 0.6) is 5.75 Å². The van der Waals surface area contributed by atoms with E-state index in [1.165, 1.54) is 0 Å². The SMILES string of the molecule is COc1ccc2cc(/C(C)=N\Nc3ccccn3)ccc2c1. The number of rotatable bonds is 4. The van der Waals surface area contributed by atoms with Crippen LogP contribution in [0, 0.1) is 0 Å². The number of hydrogen-bond acceptors (Lipinski definition) is 4. The number of hydrogen-bond donors (Lipinski definition) is 1. The van der Waals surface area contributed by atoms with Crippen molar-refractivity contribution in [3.63, 3.8) is 0 Å². The Morgan fingerprint density at radius 1 is 1.05 bits per heavy atom. The molecule has 4 nitrogen and oxygen atoms in total. The zero-order chi connectivity index (χ0) is 15.4. The third-order valence-electron chi connectivity index (χ3n) is 3.47. The highest BCUT2D eigenvalue weighted by molar-refractivity contribution is 6.02. The fraction of sp³-hybridized carbons (Fsp3) is 0.111. The van der Waals surface area contributed by atoms with Gasteiger partial charge in [-0.1, -0.05) is 24.3 Å². The van der Waals surface area contributed by atoms with Gasteiger partial charge in [0.1, 0.15) is 11.6 Å². The molecule has 0 amide bonds. The fourth-order valence-corrected chi connectivity index (χ4v) is 2.21. The van der Waals surface area contributed by atoms with Gasteiger partial charge in [-0.15, -0.1) is 0 Å². The highest BCUT2D eigenvalue weighted by Crippen LogP contribution is 2.22. The molecule has 0 aliphatic rings. The van der Waals surface area contributed by atoms with Gasteiger partial charge in [0, 0.05) is 6.20 Å². The number of benzene rings is 2. The van der Waals surface area contributed by atoms with E-state index >= 15 is 0 Å². The van der Waals surface area contributed by atoms with Crippen LogP contribution in [0.15, 0.2) is 65.9 Å². The van der Waals surface area contributed by atoms with Gasteiger partial charge in [-0.25, -0.2) is 4.98 Å². The summed E-state index contributed by atoms with van der Waals surface area (Å²) in [5.74, 6) is 1.59. The zero-order valence-corrected chi connectivity index (χ0v) is 12.6. The van der Waals surface area contributed by atoms with E-state index in [9.17, 15) is 0 Å². The van der Waals surface area contributed by atoms with Crippen molar-refractivity contribution >= 4 is 22.3 Å². The molecule has 0 bridgehead atoms. The van der Waals surface area contributed by atoms with Crippen LogP contribution in [0.3, 0.4) is 0 Å². The highest BCUT2D eigenvalue weighted by atomic mass is 16.5. The molecule has 22 heavy (non-hydrogen) atoms. The second kappa shape index (κ2) is 6.26. The molecule has 1 heterocycles. The van der Waals surface area contributed by atoms with Gasteiger partial charge in [0.2, 0.25) is 0 Å². The molecular formula is C18H17N3O. The quantitative estimate of drug-likeness (QED) is 0.582. The third-order valence-corrected chi connectivity index (χ3v) is 3.47. The van der Waals surface area contributed by atoms with E-state index < -0.39 is 0 Å². The van der Waals surface area contributed by atoms with Crippen LogP contribution in [0.4, 0.5) is 5.82 Å². The lowest BCUT2D eigenvalue weighted by atomic mass is 10.0. The minimum absolute atomic E-state index is 0.729. The van der Waals surface area contributed by atoms with E-state index in [0.717, 1.165) is 33.6 Å². The summed E-state index contributed by atoms with van der Waals surface area (Å²) in [6.07, 6.45) is 1.73. The summed E-state index contributed by atoms with van der Waals surface area (Å²) < 4.78 is 5.25. The first-order chi connectivity index (χ1) is 10.8. The molecule has 110 valence electrons. The van der Waals surface area contributed by atoms with Crippen molar-refractivity contribution < 1.29 is 4.74 Å². The summed E-state index contributed by atoms with van der Waals surface area (Å²) in [6, 6.07) is 18.0. The molecule has 0 spiro atoms. The van der Waals surface area contributed by atoms with Gasteiger partial charge in [-0.3, -0.25) is 5.43 Å². The molecule has 4 heteroatoms. The Hall–Kier alpha value is -2.88. The first-order valence-electron chi connectivity index (χ1n) is 7.06. The fourth-order valence-electron chi connectivity index (χ4n) is 2.21. The molecule has 0 atom stereocenters. The number of ether oxygens (including phenoxy) is 1. The Kier molecular flexibility index (Phi) is 4.01. The maximum atomic E-state index is 5.25. The second-order valence-electron chi connectivity index (χ2n) is 4.95. The van der Waals surface area contributed by atoms with Crippen molar-refractivity contribution in [2.24, 2.45) is 5.10 Å². The first-order valence-corrected chi connectivity index (χ1v) is 7.06. The number of nitrogens with zero attached hydrogens (tertiary/aromatic N) is 2. The summed E-state index contributed by atoms with van der Waals surface area (Å²) in [5, 5.41) is 6.69. The Bertz CT molecular complexity index is 813. The largest absolute Gasteiger partial charge is 0.497 e. The average Bonchev–Trinajstić information content (AvgIpc) is 2.59. The maximum Gasteiger partial charge on any atom is 0.146 e. The molecule has 0 radical (unpaired) electrons. The number of aromatic nitrogens is 1. The molecule has 0 aliphatic carbocycles. The van der Waals surface area contributed by atoms with E-state index in [1.807, 2.05) is 37.3 Å². The highest BCUT2D eigenvalue weighted by Gasteiger charge is 2.02.